The number of nitrogens with zero attached hydrogens (tertiary/aromatic N) is 2. The largest absolute Gasteiger partial charge is 0.333 e. The number of nitrogens with one attached hydrogen (secondary N) is 1. The van der Waals surface area contributed by atoms with Crippen LogP contribution in [0.25, 0.3) is 10.8 Å². The number of nitrogens with two attached hydrogens (primary N) is 1. The number of rotatable bonds is 2. The van der Waals surface area contributed by atoms with Crippen molar-refractivity contribution in [1.29, 1.82) is 0 Å². The molecule has 0 amide bonds. The third-order valence-electron chi connectivity index (χ3n) is 3.74. The van der Waals surface area contributed by atoms with E-state index < -0.39 is 10.0 Å². The van der Waals surface area contributed by atoms with Gasteiger partial charge >= 0.3 is 0 Å². The van der Waals surface area contributed by atoms with Gasteiger partial charge in [-0.25, -0.2) is 13.4 Å². The number of piperazine rings is 1. The third kappa shape index (κ3) is 3.49. The first-order valence-corrected chi connectivity index (χ1v) is 9.17. The van der Waals surface area contributed by atoms with Gasteiger partial charge in [0.1, 0.15) is 5.15 Å². The highest BCUT2D eigenvalue weighted by atomic mass is 35.5. The maximum absolute atomic E-state index is 13.0. The van der Waals surface area contributed by atoms with Gasteiger partial charge < -0.3 is 11.1 Å². The van der Waals surface area contributed by atoms with Crippen molar-refractivity contribution in [3.8, 4) is 0 Å². The van der Waals surface area contributed by atoms with E-state index in [1.165, 1.54) is 13.2 Å². The van der Waals surface area contributed by atoms with Crippen molar-refractivity contribution in [2.75, 3.05) is 26.7 Å². The molecule has 126 valence electrons. The summed E-state index contributed by atoms with van der Waals surface area (Å²) in [5, 5.41) is 4.78. The van der Waals surface area contributed by atoms with Gasteiger partial charge in [-0.3, -0.25) is 0 Å². The summed E-state index contributed by atoms with van der Waals surface area (Å²) in [7, 11) is -2.05. The van der Waals surface area contributed by atoms with Crippen molar-refractivity contribution in [3.05, 3.63) is 35.6 Å². The van der Waals surface area contributed by atoms with Gasteiger partial charge in [0.25, 0.3) is 0 Å². The molecule has 1 unspecified atom stereocenters. The van der Waals surface area contributed by atoms with E-state index in [1.807, 2.05) is 6.92 Å². The molecule has 1 fully saturated rings. The second kappa shape index (κ2) is 7.55. The molecule has 6 nitrogen and oxygen atoms in total. The number of hydrogen-bond donors (Lipinski definition) is 2. The van der Waals surface area contributed by atoms with Crippen LogP contribution in [0.15, 0.2) is 35.4 Å². The highest BCUT2D eigenvalue weighted by Crippen LogP contribution is 2.29. The number of benzene rings is 1. The quantitative estimate of drug-likeness (QED) is 0.795. The Balaban J connectivity index is 0.000000924. The number of fused-ring (bicyclic) bond motifs is 1. The Morgan fingerprint density at radius 3 is 2.74 bits per heavy atom. The van der Waals surface area contributed by atoms with Crippen LogP contribution < -0.4 is 11.1 Å². The molecule has 0 bridgehead atoms. The summed E-state index contributed by atoms with van der Waals surface area (Å²) in [5.41, 5.74) is 4.50. The minimum Gasteiger partial charge on any atom is -0.333 e. The summed E-state index contributed by atoms with van der Waals surface area (Å²) in [6, 6.07) is 6.74. The molecule has 1 aliphatic heterocycles. The normalized spacial score (nSPS) is 19.2. The Hall–Kier alpha value is -1.25. The van der Waals surface area contributed by atoms with Crippen LogP contribution in [-0.4, -0.2) is 50.4 Å². The molecule has 0 spiro atoms. The Morgan fingerprint density at radius 2 is 2.04 bits per heavy atom. The number of halogens is 1. The second-order valence-corrected chi connectivity index (χ2v) is 7.34. The van der Waals surface area contributed by atoms with Gasteiger partial charge in [0.2, 0.25) is 10.0 Å². The van der Waals surface area contributed by atoms with Gasteiger partial charge in [0.05, 0.1) is 4.90 Å². The Morgan fingerprint density at radius 1 is 1.30 bits per heavy atom. The molecular weight excluding hydrogens is 336 g/mol. The van der Waals surface area contributed by atoms with Crippen molar-refractivity contribution in [2.45, 2.75) is 17.9 Å². The highest BCUT2D eigenvalue weighted by Gasteiger charge is 2.32. The Labute approximate surface area is 141 Å². The lowest BCUT2D eigenvalue weighted by Gasteiger charge is -2.33. The van der Waals surface area contributed by atoms with E-state index in [2.05, 4.69) is 16.0 Å². The molecule has 2 heterocycles. The molecule has 1 aromatic heterocycles. The zero-order chi connectivity index (χ0) is 17.0. The van der Waals surface area contributed by atoms with Gasteiger partial charge in [0.15, 0.2) is 0 Å². The van der Waals surface area contributed by atoms with E-state index in [4.69, 9.17) is 11.6 Å². The molecule has 3 rings (SSSR count). The Kier molecular flexibility index (Phi) is 5.94. The summed E-state index contributed by atoms with van der Waals surface area (Å²) in [6.07, 6.45) is 1.53. The molecule has 23 heavy (non-hydrogen) atoms. The lowest BCUT2D eigenvalue weighted by Crippen LogP contribution is -2.52. The van der Waals surface area contributed by atoms with E-state index >= 15 is 0 Å². The van der Waals surface area contributed by atoms with E-state index in [-0.39, 0.29) is 10.9 Å². The molecule has 8 heteroatoms. The second-order valence-electron chi connectivity index (χ2n) is 5.12. The van der Waals surface area contributed by atoms with Crippen molar-refractivity contribution in [2.24, 2.45) is 5.73 Å². The smallest absolute Gasteiger partial charge is 0.244 e. The van der Waals surface area contributed by atoms with E-state index in [0.29, 0.717) is 35.6 Å². The average Bonchev–Trinajstić information content (AvgIpc) is 2.57. The van der Waals surface area contributed by atoms with E-state index in [1.54, 1.807) is 28.6 Å². The molecule has 0 aliphatic carbocycles. The number of sulfonamides is 1. The number of aromatic nitrogens is 1. The fourth-order valence-corrected chi connectivity index (χ4v) is 4.73. The van der Waals surface area contributed by atoms with Crippen LogP contribution in [0.1, 0.15) is 6.92 Å². The third-order valence-corrected chi connectivity index (χ3v) is 6.12. The van der Waals surface area contributed by atoms with Gasteiger partial charge in [-0.05, 0) is 26.1 Å². The molecule has 2 aromatic rings. The summed E-state index contributed by atoms with van der Waals surface area (Å²) in [5.74, 6) is 0. The molecule has 1 atom stereocenters. The topological polar surface area (TPSA) is 88.3 Å². The molecule has 1 aromatic carbocycles. The summed E-state index contributed by atoms with van der Waals surface area (Å²) in [6.45, 7) is 3.70. The van der Waals surface area contributed by atoms with Crippen LogP contribution >= 0.6 is 11.6 Å². The highest BCUT2D eigenvalue weighted by molar-refractivity contribution is 7.89. The minimum atomic E-state index is -3.55. The molecule has 1 aliphatic rings. The predicted octanol–water partition coefficient (Wildman–Crippen LogP) is 1.45. The van der Waals surface area contributed by atoms with Crippen LogP contribution in [-0.2, 0) is 10.0 Å². The van der Waals surface area contributed by atoms with Crippen LogP contribution in [0.4, 0.5) is 0 Å². The lowest BCUT2D eigenvalue weighted by atomic mass is 10.2. The summed E-state index contributed by atoms with van der Waals surface area (Å²) >= 11 is 6.06. The van der Waals surface area contributed by atoms with Gasteiger partial charge in [-0.1, -0.05) is 23.7 Å². The fourth-order valence-electron chi connectivity index (χ4n) is 2.67. The summed E-state index contributed by atoms with van der Waals surface area (Å²) in [4.78, 5) is 4.29. The van der Waals surface area contributed by atoms with Crippen molar-refractivity contribution < 1.29 is 8.42 Å². The SMILES string of the molecule is CC1CNCCN1S(=O)(=O)c1cccc2c(Cl)nccc12.CN. The standard InChI is InChI=1S/C14H16ClN3O2S.CH5N/c1-10-9-16-7-8-18(10)21(19,20)13-4-2-3-12-11(13)5-6-17-14(12)15;1-2/h2-6,10,16H,7-9H2,1H3;2H2,1H3. The number of hydrogen-bond acceptors (Lipinski definition) is 5. The average molecular weight is 357 g/mol. The van der Waals surface area contributed by atoms with Crippen molar-refractivity contribution in [1.82, 2.24) is 14.6 Å². The lowest BCUT2D eigenvalue weighted by molar-refractivity contribution is 0.284. The van der Waals surface area contributed by atoms with Crippen LogP contribution in [0.5, 0.6) is 0 Å². The zero-order valence-electron chi connectivity index (χ0n) is 13.2. The predicted molar refractivity (Wildman–Crippen MR) is 93.1 cm³/mol. The minimum absolute atomic E-state index is 0.0729. The maximum Gasteiger partial charge on any atom is 0.244 e. The first-order chi connectivity index (χ1) is 11.0. The first-order valence-electron chi connectivity index (χ1n) is 7.35. The number of pyridine rings is 1. The van der Waals surface area contributed by atoms with Gasteiger partial charge in [-0.15, -0.1) is 0 Å². The molecule has 0 saturated carbocycles. The molecule has 0 radical (unpaired) electrons. The first kappa shape index (κ1) is 18.1. The summed E-state index contributed by atoms with van der Waals surface area (Å²) < 4.78 is 27.5. The van der Waals surface area contributed by atoms with E-state index in [9.17, 15) is 8.42 Å². The molecule has 3 N–H and O–H groups in total. The molecule has 1 saturated heterocycles. The van der Waals surface area contributed by atoms with Crippen LogP contribution in [0, 0.1) is 0 Å². The Bertz CT molecular complexity index is 782. The van der Waals surface area contributed by atoms with Crippen LogP contribution in [0.2, 0.25) is 5.15 Å². The van der Waals surface area contributed by atoms with Crippen LogP contribution in [0.3, 0.4) is 0 Å². The monoisotopic (exact) mass is 356 g/mol. The van der Waals surface area contributed by atoms with E-state index in [0.717, 1.165) is 0 Å². The molecular formula is C15H21ClN4O2S. The zero-order valence-corrected chi connectivity index (χ0v) is 14.7. The van der Waals surface area contributed by atoms with Gasteiger partial charge in [-0.2, -0.15) is 4.31 Å². The van der Waals surface area contributed by atoms with Gasteiger partial charge in [0, 0.05) is 42.6 Å². The van der Waals surface area contributed by atoms with Crippen molar-refractivity contribution >= 4 is 32.4 Å². The fraction of sp³-hybridized carbons (Fsp3) is 0.400. The van der Waals surface area contributed by atoms with Crippen molar-refractivity contribution in [3.63, 3.8) is 0 Å². The maximum atomic E-state index is 13.0.